The minimum atomic E-state index is -3.90. The SMILES string of the molecule is CC1CN(S(=O)(=O)c2ccccc2F)CC(CO)O1. The lowest BCUT2D eigenvalue weighted by molar-refractivity contribution is -0.0750. The van der Waals surface area contributed by atoms with Crippen LogP contribution in [-0.4, -0.2) is 49.7 Å². The number of aliphatic hydroxyl groups is 1. The minimum absolute atomic E-state index is 0.0253. The number of nitrogens with zero attached hydrogens (tertiary/aromatic N) is 1. The molecular formula is C12H16FNO4S. The maximum atomic E-state index is 13.6. The van der Waals surface area contributed by atoms with E-state index in [1.165, 1.54) is 18.2 Å². The summed E-state index contributed by atoms with van der Waals surface area (Å²) in [7, 11) is -3.90. The van der Waals surface area contributed by atoms with E-state index in [0.29, 0.717) is 0 Å². The van der Waals surface area contributed by atoms with Crippen molar-refractivity contribution < 1.29 is 22.7 Å². The Hall–Kier alpha value is -1.02. The largest absolute Gasteiger partial charge is 0.394 e. The van der Waals surface area contributed by atoms with Crippen molar-refractivity contribution in [2.45, 2.75) is 24.0 Å². The molecule has 1 aliphatic heterocycles. The summed E-state index contributed by atoms with van der Waals surface area (Å²) in [4.78, 5) is -0.346. The monoisotopic (exact) mass is 289 g/mol. The van der Waals surface area contributed by atoms with Gasteiger partial charge in [0.1, 0.15) is 10.7 Å². The summed E-state index contributed by atoms with van der Waals surface area (Å²) >= 11 is 0. The van der Waals surface area contributed by atoms with Crippen molar-refractivity contribution in [3.05, 3.63) is 30.1 Å². The standard InChI is InChI=1S/C12H16FNO4S/c1-9-6-14(7-10(8-15)18-9)19(16,17)12-5-3-2-4-11(12)13/h2-5,9-10,15H,6-8H2,1H3. The molecule has 1 fully saturated rings. The maximum absolute atomic E-state index is 13.6. The van der Waals surface area contributed by atoms with E-state index in [4.69, 9.17) is 9.84 Å². The first-order valence-electron chi connectivity index (χ1n) is 5.96. The van der Waals surface area contributed by atoms with Crippen LogP contribution < -0.4 is 0 Å². The second-order valence-electron chi connectivity index (χ2n) is 4.50. The average Bonchev–Trinajstić information content (AvgIpc) is 2.38. The third kappa shape index (κ3) is 2.94. The molecule has 1 aromatic carbocycles. The molecule has 7 heteroatoms. The van der Waals surface area contributed by atoms with Crippen LogP contribution in [0.3, 0.4) is 0 Å². The third-order valence-corrected chi connectivity index (χ3v) is 4.82. The molecule has 0 saturated carbocycles. The molecule has 106 valence electrons. The molecule has 5 nitrogen and oxygen atoms in total. The van der Waals surface area contributed by atoms with E-state index in [1.807, 2.05) is 0 Å². The molecule has 1 aliphatic rings. The average molecular weight is 289 g/mol. The van der Waals surface area contributed by atoms with Crippen LogP contribution in [0.5, 0.6) is 0 Å². The van der Waals surface area contributed by atoms with Crippen LogP contribution in [0.4, 0.5) is 4.39 Å². The first kappa shape index (κ1) is 14.4. The van der Waals surface area contributed by atoms with Crippen molar-refractivity contribution in [1.29, 1.82) is 0 Å². The number of aliphatic hydroxyl groups excluding tert-OH is 1. The Bertz CT molecular complexity index is 548. The lowest BCUT2D eigenvalue weighted by Crippen LogP contribution is -2.50. The number of hydrogen-bond donors (Lipinski definition) is 1. The zero-order valence-corrected chi connectivity index (χ0v) is 11.3. The van der Waals surface area contributed by atoms with Gasteiger partial charge in [-0.25, -0.2) is 12.8 Å². The zero-order valence-electron chi connectivity index (χ0n) is 10.5. The van der Waals surface area contributed by atoms with Crippen LogP contribution in [0.15, 0.2) is 29.2 Å². The number of halogens is 1. The number of benzene rings is 1. The first-order chi connectivity index (χ1) is 8.95. The molecule has 19 heavy (non-hydrogen) atoms. The van der Waals surface area contributed by atoms with E-state index in [-0.39, 0.29) is 30.7 Å². The molecule has 0 aliphatic carbocycles. The Balaban J connectivity index is 2.32. The first-order valence-corrected chi connectivity index (χ1v) is 7.40. The van der Waals surface area contributed by atoms with E-state index >= 15 is 0 Å². The summed E-state index contributed by atoms with van der Waals surface area (Å²) in [6.07, 6.45) is -0.919. The van der Waals surface area contributed by atoms with Gasteiger partial charge in [0.25, 0.3) is 0 Å². The second-order valence-corrected chi connectivity index (χ2v) is 6.41. The van der Waals surface area contributed by atoms with Gasteiger partial charge in [-0.15, -0.1) is 0 Å². The predicted molar refractivity (Wildman–Crippen MR) is 66.6 cm³/mol. The molecule has 1 heterocycles. The fourth-order valence-corrected chi connectivity index (χ4v) is 3.70. The van der Waals surface area contributed by atoms with Gasteiger partial charge in [-0.3, -0.25) is 0 Å². The highest BCUT2D eigenvalue weighted by Gasteiger charge is 2.34. The summed E-state index contributed by atoms with van der Waals surface area (Å²) in [6.45, 7) is 1.62. The number of sulfonamides is 1. The fraction of sp³-hybridized carbons (Fsp3) is 0.500. The van der Waals surface area contributed by atoms with E-state index in [2.05, 4.69) is 0 Å². The van der Waals surface area contributed by atoms with Gasteiger partial charge >= 0.3 is 0 Å². The second kappa shape index (κ2) is 5.54. The van der Waals surface area contributed by atoms with Gasteiger partial charge in [-0.1, -0.05) is 12.1 Å². The Morgan fingerprint density at radius 3 is 2.74 bits per heavy atom. The topological polar surface area (TPSA) is 66.8 Å². The van der Waals surface area contributed by atoms with Gasteiger partial charge in [0.05, 0.1) is 18.8 Å². The van der Waals surface area contributed by atoms with Crippen LogP contribution in [0.25, 0.3) is 0 Å². The molecule has 0 amide bonds. The van der Waals surface area contributed by atoms with Crippen molar-refractivity contribution in [3.8, 4) is 0 Å². The van der Waals surface area contributed by atoms with Crippen LogP contribution >= 0.6 is 0 Å². The Kier molecular flexibility index (Phi) is 4.19. The van der Waals surface area contributed by atoms with Crippen molar-refractivity contribution >= 4 is 10.0 Å². The van der Waals surface area contributed by atoms with Gasteiger partial charge in [0.2, 0.25) is 10.0 Å². The molecule has 0 aromatic heterocycles. The summed E-state index contributed by atoms with van der Waals surface area (Å²) < 4.78 is 44.9. The summed E-state index contributed by atoms with van der Waals surface area (Å²) in [5.74, 6) is -0.776. The van der Waals surface area contributed by atoms with Crippen molar-refractivity contribution in [2.24, 2.45) is 0 Å². The highest BCUT2D eigenvalue weighted by atomic mass is 32.2. The highest BCUT2D eigenvalue weighted by Crippen LogP contribution is 2.22. The molecule has 0 bridgehead atoms. The van der Waals surface area contributed by atoms with Crippen molar-refractivity contribution in [3.63, 3.8) is 0 Å². The summed E-state index contributed by atoms with van der Waals surface area (Å²) in [5, 5.41) is 9.10. The third-order valence-electron chi connectivity index (χ3n) is 2.95. The fourth-order valence-electron chi connectivity index (χ4n) is 2.09. The Morgan fingerprint density at radius 1 is 1.42 bits per heavy atom. The quantitative estimate of drug-likeness (QED) is 0.884. The Labute approximate surface area is 111 Å². The van der Waals surface area contributed by atoms with Crippen LogP contribution in [-0.2, 0) is 14.8 Å². The van der Waals surface area contributed by atoms with Gasteiger partial charge < -0.3 is 9.84 Å². The van der Waals surface area contributed by atoms with Gasteiger partial charge in [-0.2, -0.15) is 4.31 Å². The Morgan fingerprint density at radius 2 is 2.11 bits per heavy atom. The lowest BCUT2D eigenvalue weighted by atomic mass is 10.2. The van der Waals surface area contributed by atoms with E-state index in [0.717, 1.165) is 10.4 Å². The van der Waals surface area contributed by atoms with E-state index in [1.54, 1.807) is 6.92 Å². The molecule has 1 aromatic rings. The normalized spacial score (nSPS) is 25.4. The maximum Gasteiger partial charge on any atom is 0.246 e. The summed E-state index contributed by atoms with van der Waals surface area (Å²) in [5.41, 5.74) is 0. The highest BCUT2D eigenvalue weighted by molar-refractivity contribution is 7.89. The van der Waals surface area contributed by atoms with Crippen molar-refractivity contribution in [1.82, 2.24) is 4.31 Å². The molecule has 2 rings (SSSR count). The molecular weight excluding hydrogens is 273 g/mol. The number of ether oxygens (including phenoxy) is 1. The van der Waals surface area contributed by atoms with Gasteiger partial charge in [0.15, 0.2) is 0 Å². The van der Waals surface area contributed by atoms with Crippen LogP contribution in [0.2, 0.25) is 0 Å². The van der Waals surface area contributed by atoms with E-state index < -0.39 is 21.9 Å². The lowest BCUT2D eigenvalue weighted by Gasteiger charge is -2.35. The van der Waals surface area contributed by atoms with Gasteiger partial charge in [-0.05, 0) is 19.1 Å². The molecule has 0 spiro atoms. The molecule has 0 radical (unpaired) electrons. The smallest absolute Gasteiger partial charge is 0.246 e. The van der Waals surface area contributed by atoms with Crippen molar-refractivity contribution in [2.75, 3.05) is 19.7 Å². The number of morpholine rings is 1. The molecule has 1 N–H and O–H groups in total. The van der Waals surface area contributed by atoms with E-state index in [9.17, 15) is 12.8 Å². The molecule has 2 unspecified atom stereocenters. The summed E-state index contributed by atoms with van der Waals surface area (Å²) in [6, 6.07) is 5.26. The number of hydrogen-bond acceptors (Lipinski definition) is 4. The predicted octanol–water partition coefficient (Wildman–Crippen LogP) is 0.596. The molecule has 1 saturated heterocycles. The number of rotatable bonds is 3. The zero-order chi connectivity index (χ0) is 14.0. The minimum Gasteiger partial charge on any atom is -0.394 e. The van der Waals surface area contributed by atoms with Crippen LogP contribution in [0, 0.1) is 5.82 Å². The molecule has 2 atom stereocenters. The van der Waals surface area contributed by atoms with Crippen LogP contribution in [0.1, 0.15) is 6.92 Å². The van der Waals surface area contributed by atoms with Gasteiger partial charge in [0, 0.05) is 13.1 Å².